The fourth-order valence-corrected chi connectivity index (χ4v) is 3.36. The third kappa shape index (κ3) is 7.02. The number of ether oxygens (including phenoxy) is 2. The molecule has 0 radical (unpaired) electrons. The van der Waals surface area contributed by atoms with Crippen LogP contribution in [0.15, 0.2) is 41.3 Å². The lowest BCUT2D eigenvalue weighted by Gasteiger charge is -2.15. The lowest BCUT2D eigenvalue weighted by molar-refractivity contribution is -0.133. The summed E-state index contributed by atoms with van der Waals surface area (Å²) in [7, 11) is 0. The van der Waals surface area contributed by atoms with E-state index in [1.807, 2.05) is 31.2 Å². The molecule has 0 saturated carbocycles. The van der Waals surface area contributed by atoms with Crippen LogP contribution < -0.4 is 9.47 Å². The number of aliphatic carboxylic acids is 1. The fourth-order valence-electron chi connectivity index (χ4n) is 2.74. The third-order valence-electron chi connectivity index (χ3n) is 4.12. The van der Waals surface area contributed by atoms with E-state index in [0.29, 0.717) is 48.7 Å². The first-order valence-corrected chi connectivity index (χ1v) is 10.5. The van der Waals surface area contributed by atoms with E-state index in [0.717, 1.165) is 11.3 Å². The van der Waals surface area contributed by atoms with Gasteiger partial charge in [0.1, 0.15) is 17.2 Å². The van der Waals surface area contributed by atoms with Crippen LogP contribution in [-0.4, -0.2) is 40.9 Å². The van der Waals surface area contributed by atoms with Crippen LogP contribution in [-0.2, 0) is 11.2 Å². The van der Waals surface area contributed by atoms with Crippen LogP contribution in [0.25, 0.3) is 0 Å². The van der Waals surface area contributed by atoms with Crippen molar-refractivity contribution >= 4 is 23.5 Å². The second kappa shape index (κ2) is 11.4. The van der Waals surface area contributed by atoms with Gasteiger partial charge in [0.2, 0.25) is 0 Å². The van der Waals surface area contributed by atoms with Crippen molar-refractivity contribution in [3.63, 3.8) is 0 Å². The zero-order chi connectivity index (χ0) is 21.2. The van der Waals surface area contributed by atoms with Crippen LogP contribution >= 0.6 is 11.8 Å². The molecular weight excluding hydrogens is 392 g/mol. The van der Waals surface area contributed by atoms with Crippen LogP contribution in [0.2, 0.25) is 0 Å². The number of carbonyl (C=O) groups excluding carboxylic acids is 1. The molecule has 0 spiro atoms. The summed E-state index contributed by atoms with van der Waals surface area (Å²) in [4.78, 5) is 23.1. The highest BCUT2D eigenvalue weighted by molar-refractivity contribution is 8.00. The molecule has 0 saturated heterocycles. The molecule has 0 aliphatic rings. The maximum atomic E-state index is 11.6. The summed E-state index contributed by atoms with van der Waals surface area (Å²) in [5, 5.41) is 19.0. The molecule has 2 rings (SSSR count). The smallest absolute Gasteiger partial charge is 0.313 e. The minimum atomic E-state index is -0.846. The molecule has 0 fully saturated rings. The van der Waals surface area contributed by atoms with E-state index < -0.39 is 5.97 Å². The number of carboxylic acids is 1. The first-order chi connectivity index (χ1) is 13.9. The van der Waals surface area contributed by atoms with Crippen LogP contribution in [0.3, 0.4) is 0 Å². The van der Waals surface area contributed by atoms with Crippen molar-refractivity contribution in [2.75, 3.05) is 19.0 Å². The highest BCUT2D eigenvalue weighted by Gasteiger charge is 2.15. The molecule has 0 atom stereocenters. The molecule has 2 N–H and O–H groups in total. The molecule has 0 heterocycles. The summed E-state index contributed by atoms with van der Waals surface area (Å²) >= 11 is 1.26. The van der Waals surface area contributed by atoms with Crippen LogP contribution in [0.1, 0.15) is 42.6 Å². The van der Waals surface area contributed by atoms with Crippen molar-refractivity contribution in [1.29, 1.82) is 0 Å². The number of hydrogen-bond acceptors (Lipinski definition) is 6. The van der Waals surface area contributed by atoms with Gasteiger partial charge in [0.15, 0.2) is 5.78 Å². The number of benzene rings is 2. The summed E-state index contributed by atoms with van der Waals surface area (Å²) in [5.74, 6) is 0.317. The van der Waals surface area contributed by atoms with Crippen LogP contribution in [0.4, 0.5) is 0 Å². The van der Waals surface area contributed by atoms with Crippen LogP contribution in [0.5, 0.6) is 17.2 Å². The van der Waals surface area contributed by atoms with Crippen molar-refractivity contribution in [1.82, 2.24) is 0 Å². The standard InChI is InChI=1S/C22H26O6S/c1-3-5-19-20(11-10-18(15(2)23)22(19)26)28-13-4-12-27-16-6-8-17(9-7-16)29-14-21(24)25/h6-11,26H,3-5,12-14H2,1-2H3,(H,24,25). The van der Waals surface area contributed by atoms with Gasteiger partial charge in [0.25, 0.3) is 0 Å². The molecule has 0 bridgehead atoms. The van der Waals surface area contributed by atoms with Gasteiger partial charge in [-0.2, -0.15) is 0 Å². The van der Waals surface area contributed by atoms with Gasteiger partial charge >= 0.3 is 5.97 Å². The third-order valence-corrected chi connectivity index (χ3v) is 5.12. The monoisotopic (exact) mass is 418 g/mol. The first kappa shape index (κ1) is 22.6. The Balaban J connectivity index is 1.82. The topological polar surface area (TPSA) is 93.1 Å². The minimum Gasteiger partial charge on any atom is -0.507 e. The van der Waals surface area contributed by atoms with Gasteiger partial charge in [-0.15, -0.1) is 11.8 Å². The SMILES string of the molecule is CCCc1c(OCCCOc2ccc(SCC(=O)O)cc2)ccc(C(C)=O)c1O. The van der Waals surface area contributed by atoms with Gasteiger partial charge < -0.3 is 19.7 Å². The molecule has 2 aromatic carbocycles. The van der Waals surface area contributed by atoms with Crippen molar-refractivity contribution in [2.45, 2.75) is 38.0 Å². The number of Topliss-reactive ketones (excluding diaryl/α,β-unsaturated/α-hetero) is 1. The van der Waals surface area contributed by atoms with Crippen molar-refractivity contribution in [2.24, 2.45) is 0 Å². The molecule has 0 aromatic heterocycles. The lowest BCUT2D eigenvalue weighted by atomic mass is 10.0. The van der Waals surface area contributed by atoms with Gasteiger partial charge in [-0.3, -0.25) is 9.59 Å². The van der Waals surface area contributed by atoms with Gasteiger partial charge in [-0.25, -0.2) is 0 Å². The van der Waals surface area contributed by atoms with Crippen molar-refractivity contribution in [3.05, 3.63) is 47.5 Å². The summed E-state index contributed by atoms with van der Waals surface area (Å²) < 4.78 is 11.5. The summed E-state index contributed by atoms with van der Waals surface area (Å²) in [6, 6.07) is 10.6. The number of aromatic hydroxyl groups is 1. The molecule has 2 aromatic rings. The zero-order valence-corrected chi connectivity index (χ0v) is 17.5. The Morgan fingerprint density at radius 1 is 1.03 bits per heavy atom. The van der Waals surface area contributed by atoms with Gasteiger partial charge in [0.05, 0.1) is 24.5 Å². The van der Waals surface area contributed by atoms with Crippen LogP contribution in [0, 0.1) is 0 Å². The summed E-state index contributed by atoms with van der Waals surface area (Å²) in [6.45, 7) is 4.31. The number of ketones is 1. The van der Waals surface area contributed by atoms with E-state index in [9.17, 15) is 14.7 Å². The molecule has 0 aliphatic carbocycles. The number of hydrogen-bond donors (Lipinski definition) is 2. The Labute approximate surface area is 174 Å². The second-order valence-electron chi connectivity index (χ2n) is 6.45. The minimum absolute atomic E-state index is 0.00829. The fraction of sp³-hybridized carbons (Fsp3) is 0.364. The molecule has 0 amide bonds. The molecule has 29 heavy (non-hydrogen) atoms. The van der Waals surface area contributed by atoms with E-state index >= 15 is 0 Å². The molecule has 7 heteroatoms. The van der Waals surface area contributed by atoms with Gasteiger partial charge in [-0.05, 0) is 49.7 Å². The Kier molecular flexibility index (Phi) is 8.86. The summed E-state index contributed by atoms with van der Waals surface area (Å²) in [5.41, 5.74) is 0.977. The molecule has 156 valence electrons. The maximum Gasteiger partial charge on any atom is 0.313 e. The van der Waals surface area contributed by atoms with E-state index in [-0.39, 0.29) is 17.3 Å². The zero-order valence-electron chi connectivity index (χ0n) is 16.6. The Morgan fingerprint density at radius 2 is 1.72 bits per heavy atom. The highest BCUT2D eigenvalue weighted by atomic mass is 32.2. The number of thioether (sulfide) groups is 1. The highest BCUT2D eigenvalue weighted by Crippen LogP contribution is 2.33. The van der Waals surface area contributed by atoms with Crippen molar-refractivity contribution in [3.8, 4) is 17.2 Å². The molecular formula is C22H26O6S. The number of rotatable bonds is 12. The second-order valence-corrected chi connectivity index (χ2v) is 7.50. The van der Waals surface area contributed by atoms with E-state index in [1.54, 1.807) is 12.1 Å². The normalized spacial score (nSPS) is 10.6. The number of carbonyl (C=O) groups is 2. The Bertz CT molecular complexity index is 832. The molecule has 0 aliphatic heterocycles. The lowest BCUT2D eigenvalue weighted by Crippen LogP contribution is -2.07. The molecule has 6 nitrogen and oxygen atoms in total. The Hall–Kier alpha value is -2.67. The van der Waals surface area contributed by atoms with E-state index in [1.165, 1.54) is 18.7 Å². The van der Waals surface area contributed by atoms with Gasteiger partial charge in [0, 0.05) is 16.9 Å². The Morgan fingerprint density at radius 3 is 2.34 bits per heavy atom. The number of carboxylic acid groups (broad SMARTS) is 1. The van der Waals surface area contributed by atoms with E-state index in [2.05, 4.69) is 0 Å². The average Bonchev–Trinajstić information content (AvgIpc) is 2.69. The number of phenols is 1. The maximum absolute atomic E-state index is 11.6. The van der Waals surface area contributed by atoms with Crippen molar-refractivity contribution < 1.29 is 29.3 Å². The summed E-state index contributed by atoms with van der Waals surface area (Å²) in [6.07, 6.45) is 2.11. The quantitative estimate of drug-likeness (QED) is 0.296. The first-order valence-electron chi connectivity index (χ1n) is 9.48. The predicted molar refractivity (Wildman–Crippen MR) is 113 cm³/mol. The largest absolute Gasteiger partial charge is 0.507 e. The van der Waals surface area contributed by atoms with Gasteiger partial charge in [-0.1, -0.05) is 13.3 Å². The van der Waals surface area contributed by atoms with E-state index in [4.69, 9.17) is 14.6 Å². The molecule has 0 unspecified atom stereocenters. The predicted octanol–water partition coefficient (Wildman–Crippen LogP) is 4.57. The average molecular weight is 419 g/mol. The number of phenolic OH excluding ortho intramolecular Hbond substituents is 1.